The quantitative estimate of drug-likeness (QED) is 0.256. The number of nitrogens with one attached hydrogen (secondary N) is 1. The SMILES string of the molecule is Cc1ccc(-n2c(C)cc(/C=N\NC(=O)CSc3nc4ccccc4s3)c2C)cc1. The molecule has 0 bridgehead atoms. The van der Waals surface area contributed by atoms with Crippen molar-refractivity contribution in [3.63, 3.8) is 0 Å². The Bertz CT molecular complexity index is 1190. The number of fused-ring (bicyclic) bond motifs is 1. The summed E-state index contributed by atoms with van der Waals surface area (Å²) in [7, 11) is 0. The average Bonchev–Trinajstić information content (AvgIpc) is 3.27. The van der Waals surface area contributed by atoms with Gasteiger partial charge in [-0.25, -0.2) is 10.4 Å². The van der Waals surface area contributed by atoms with Crippen LogP contribution in [-0.2, 0) is 4.79 Å². The number of para-hydroxylation sites is 1. The van der Waals surface area contributed by atoms with Crippen LogP contribution in [0.5, 0.6) is 0 Å². The second kappa shape index (κ2) is 8.85. The van der Waals surface area contributed by atoms with Crippen LogP contribution in [0.25, 0.3) is 15.9 Å². The Labute approximate surface area is 183 Å². The van der Waals surface area contributed by atoms with Gasteiger partial charge < -0.3 is 4.57 Å². The van der Waals surface area contributed by atoms with E-state index in [1.165, 1.54) is 17.3 Å². The number of thiazole rings is 1. The van der Waals surface area contributed by atoms with E-state index in [-0.39, 0.29) is 11.7 Å². The van der Waals surface area contributed by atoms with E-state index in [1.807, 2.05) is 24.3 Å². The third-order valence-corrected chi connectivity index (χ3v) is 6.94. The van der Waals surface area contributed by atoms with Crippen molar-refractivity contribution in [1.29, 1.82) is 0 Å². The number of hydrazone groups is 1. The van der Waals surface area contributed by atoms with E-state index in [1.54, 1.807) is 17.6 Å². The molecule has 2 aromatic carbocycles. The summed E-state index contributed by atoms with van der Waals surface area (Å²) in [6, 6.07) is 18.5. The molecule has 0 saturated heterocycles. The number of hydrogen-bond donors (Lipinski definition) is 1. The number of nitrogens with zero attached hydrogens (tertiary/aromatic N) is 3. The zero-order valence-electron chi connectivity index (χ0n) is 17.0. The predicted octanol–water partition coefficient (Wildman–Crippen LogP) is 5.25. The van der Waals surface area contributed by atoms with Crippen molar-refractivity contribution in [2.24, 2.45) is 5.10 Å². The summed E-state index contributed by atoms with van der Waals surface area (Å²) in [5.41, 5.74) is 9.11. The van der Waals surface area contributed by atoms with Crippen LogP contribution < -0.4 is 5.43 Å². The summed E-state index contributed by atoms with van der Waals surface area (Å²) >= 11 is 3.02. The minimum atomic E-state index is -0.150. The first-order chi connectivity index (χ1) is 14.5. The molecule has 0 atom stereocenters. The molecule has 152 valence electrons. The fourth-order valence-electron chi connectivity index (χ4n) is 3.26. The third kappa shape index (κ3) is 4.47. The van der Waals surface area contributed by atoms with Crippen LogP contribution in [0.3, 0.4) is 0 Å². The third-order valence-electron chi connectivity index (χ3n) is 4.76. The van der Waals surface area contributed by atoms with Crippen LogP contribution >= 0.6 is 23.1 Å². The number of aromatic nitrogens is 2. The number of amides is 1. The molecule has 7 heteroatoms. The largest absolute Gasteiger partial charge is 0.318 e. The molecular weight excluding hydrogens is 412 g/mol. The van der Waals surface area contributed by atoms with Gasteiger partial charge in [-0.1, -0.05) is 41.6 Å². The maximum atomic E-state index is 12.2. The molecule has 0 aliphatic heterocycles. The van der Waals surface area contributed by atoms with Gasteiger partial charge in [0, 0.05) is 22.6 Å². The molecule has 0 aliphatic carbocycles. The fourth-order valence-corrected chi connectivity index (χ4v) is 5.12. The molecule has 1 amide bonds. The summed E-state index contributed by atoms with van der Waals surface area (Å²) in [4.78, 5) is 16.7. The van der Waals surface area contributed by atoms with E-state index in [2.05, 4.69) is 71.2 Å². The van der Waals surface area contributed by atoms with Crippen molar-refractivity contribution in [2.75, 3.05) is 5.75 Å². The number of benzene rings is 2. The molecule has 0 fully saturated rings. The summed E-state index contributed by atoms with van der Waals surface area (Å²) in [5, 5.41) is 4.15. The van der Waals surface area contributed by atoms with Gasteiger partial charge >= 0.3 is 0 Å². The molecule has 0 unspecified atom stereocenters. The Hall–Kier alpha value is -2.90. The normalized spacial score (nSPS) is 11.4. The Morgan fingerprint density at radius 3 is 2.70 bits per heavy atom. The van der Waals surface area contributed by atoms with E-state index in [4.69, 9.17) is 0 Å². The first kappa shape index (κ1) is 20.4. The summed E-state index contributed by atoms with van der Waals surface area (Å²) in [5.74, 6) is 0.127. The minimum Gasteiger partial charge on any atom is -0.318 e. The average molecular weight is 435 g/mol. The molecule has 30 heavy (non-hydrogen) atoms. The van der Waals surface area contributed by atoms with E-state index in [0.29, 0.717) is 0 Å². The lowest BCUT2D eigenvalue weighted by Gasteiger charge is -2.09. The minimum absolute atomic E-state index is 0.150. The van der Waals surface area contributed by atoms with Crippen molar-refractivity contribution in [3.05, 3.63) is 77.1 Å². The van der Waals surface area contributed by atoms with Gasteiger partial charge in [-0.05, 0) is 51.1 Å². The van der Waals surface area contributed by atoms with Crippen molar-refractivity contribution in [1.82, 2.24) is 15.0 Å². The zero-order chi connectivity index (χ0) is 21.1. The lowest BCUT2D eigenvalue weighted by molar-refractivity contribution is -0.118. The van der Waals surface area contributed by atoms with Gasteiger partial charge in [-0.15, -0.1) is 11.3 Å². The van der Waals surface area contributed by atoms with Gasteiger partial charge in [0.15, 0.2) is 4.34 Å². The van der Waals surface area contributed by atoms with E-state index in [9.17, 15) is 4.79 Å². The van der Waals surface area contributed by atoms with E-state index >= 15 is 0 Å². The number of thioether (sulfide) groups is 1. The summed E-state index contributed by atoms with van der Waals surface area (Å²) < 4.78 is 4.20. The molecule has 4 rings (SSSR count). The molecule has 4 aromatic rings. The second-order valence-electron chi connectivity index (χ2n) is 7.03. The van der Waals surface area contributed by atoms with Crippen molar-refractivity contribution >= 4 is 45.4 Å². The van der Waals surface area contributed by atoms with Crippen LogP contribution in [-0.4, -0.2) is 27.4 Å². The van der Waals surface area contributed by atoms with Crippen LogP contribution in [0.2, 0.25) is 0 Å². The predicted molar refractivity (Wildman–Crippen MR) is 126 cm³/mol. The number of hydrogen-bond acceptors (Lipinski definition) is 5. The molecule has 0 saturated carbocycles. The van der Waals surface area contributed by atoms with Crippen LogP contribution in [0.15, 0.2) is 64.0 Å². The topological polar surface area (TPSA) is 59.3 Å². The van der Waals surface area contributed by atoms with Gasteiger partial charge in [-0.2, -0.15) is 5.10 Å². The molecule has 2 heterocycles. The molecule has 5 nitrogen and oxygen atoms in total. The van der Waals surface area contributed by atoms with Gasteiger partial charge in [0.1, 0.15) is 0 Å². The fraction of sp³-hybridized carbons (Fsp3) is 0.174. The molecule has 2 aromatic heterocycles. The summed E-state index contributed by atoms with van der Waals surface area (Å²) in [6.45, 7) is 6.20. The molecule has 0 spiro atoms. The highest BCUT2D eigenvalue weighted by atomic mass is 32.2. The number of carbonyl (C=O) groups is 1. The lowest BCUT2D eigenvalue weighted by Crippen LogP contribution is -2.19. The molecule has 0 aliphatic rings. The van der Waals surface area contributed by atoms with E-state index in [0.717, 1.165) is 37.2 Å². The second-order valence-corrected chi connectivity index (χ2v) is 9.28. The number of rotatable bonds is 6. The van der Waals surface area contributed by atoms with Crippen molar-refractivity contribution < 1.29 is 4.79 Å². The van der Waals surface area contributed by atoms with Crippen LogP contribution in [0.4, 0.5) is 0 Å². The van der Waals surface area contributed by atoms with Crippen molar-refractivity contribution in [3.8, 4) is 5.69 Å². The number of carbonyl (C=O) groups excluding carboxylic acids is 1. The van der Waals surface area contributed by atoms with Gasteiger partial charge in [0.25, 0.3) is 5.91 Å². The van der Waals surface area contributed by atoms with Crippen molar-refractivity contribution in [2.45, 2.75) is 25.1 Å². The monoisotopic (exact) mass is 434 g/mol. The first-order valence-corrected chi connectivity index (χ1v) is 11.4. The van der Waals surface area contributed by atoms with Crippen LogP contribution in [0, 0.1) is 20.8 Å². The zero-order valence-corrected chi connectivity index (χ0v) is 18.7. The van der Waals surface area contributed by atoms with Gasteiger partial charge in [0.2, 0.25) is 0 Å². The summed E-state index contributed by atoms with van der Waals surface area (Å²) in [6.07, 6.45) is 1.70. The maximum Gasteiger partial charge on any atom is 0.250 e. The Morgan fingerprint density at radius 1 is 1.17 bits per heavy atom. The number of aryl methyl sites for hydroxylation is 2. The molecular formula is C23H22N4OS2. The van der Waals surface area contributed by atoms with E-state index < -0.39 is 0 Å². The van der Waals surface area contributed by atoms with Gasteiger partial charge in [0.05, 0.1) is 22.2 Å². The lowest BCUT2D eigenvalue weighted by atomic mass is 10.2. The highest BCUT2D eigenvalue weighted by Crippen LogP contribution is 2.29. The Morgan fingerprint density at radius 2 is 1.93 bits per heavy atom. The Kier molecular flexibility index (Phi) is 6.01. The molecule has 0 radical (unpaired) electrons. The molecule has 1 N–H and O–H groups in total. The highest BCUT2D eigenvalue weighted by molar-refractivity contribution is 8.01. The maximum absolute atomic E-state index is 12.2. The standard InChI is InChI=1S/C23H22N4OS2/c1-15-8-10-19(11-9-15)27-16(2)12-18(17(27)3)13-24-26-22(28)14-29-23-25-20-6-4-5-7-21(20)30-23/h4-13H,14H2,1-3H3,(H,26,28)/b24-13-. The first-order valence-electron chi connectivity index (χ1n) is 9.57. The highest BCUT2D eigenvalue weighted by Gasteiger charge is 2.10. The van der Waals surface area contributed by atoms with Gasteiger partial charge in [-0.3, -0.25) is 4.79 Å². The Balaban J connectivity index is 1.37. The van der Waals surface area contributed by atoms with Crippen LogP contribution in [0.1, 0.15) is 22.5 Å². The smallest absolute Gasteiger partial charge is 0.250 e.